The van der Waals surface area contributed by atoms with Crippen LogP contribution in [0.1, 0.15) is 11.3 Å². The Morgan fingerprint density at radius 3 is 2.92 bits per heavy atom. The zero-order chi connectivity index (χ0) is 9.10. The second kappa shape index (κ2) is 3.81. The molecule has 66 valence electrons. The van der Waals surface area contributed by atoms with Crippen molar-refractivity contribution in [2.24, 2.45) is 0 Å². The average Bonchev–Trinajstić information content (AvgIpc) is 2.54. The summed E-state index contributed by atoms with van der Waals surface area (Å²) in [6.45, 7) is 0. The number of rotatable bonds is 2. The molecule has 0 N–H and O–H groups in total. The van der Waals surface area contributed by atoms with Gasteiger partial charge in [-0.1, -0.05) is 17.7 Å². The Bertz CT molecular complexity index is 387. The number of halogens is 1. The smallest absolute Gasteiger partial charge is 0.166 e. The summed E-state index contributed by atoms with van der Waals surface area (Å²) in [5.74, 6) is 0. The highest BCUT2D eigenvalue weighted by atomic mass is 35.5. The van der Waals surface area contributed by atoms with Crippen molar-refractivity contribution in [3.63, 3.8) is 0 Å². The third-order valence-corrected chi connectivity index (χ3v) is 2.57. The van der Waals surface area contributed by atoms with Crippen molar-refractivity contribution in [1.82, 2.24) is 13.7 Å². The molecule has 0 atom stereocenters. The molecule has 0 saturated carbocycles. The molecule has 2 aromatic rings. The standard InChI is InChI=1S/C8H6ClN3S/c9-8-7(11-13-12-8)4-6-2-1-3-10-5-6/h1-3,5H,4H2. The van der Waals surface area contributed by atoms with Crippen LogP contribution in [0.25, 0.3) is 0 Å². The second-order valence-corrected chi connectivity index (χ2v) is 3.43. The fraction of sp³-hybridized carbons (Fsp3) is 0.125. The maximum Gasteiger partial charge on any atom is 0.166 e. The second-order valence-electron chi connectivity index (χ2n) is 2.54. The van der Waals surface area contributed by atoms with Gasteiger partial charge >= 0.3 is 0 Å². The van der Waals surface area contributed by atoms with Crippen LogP contribution in [0.2, 0.25) is 5.15 Å². The molecule has 2 rings (SSSR count). The highest BCUT2D eigenvalue weighted by Crippen LogP contribution is 2.15. The predicted octanol–water partition coefficient (Wildman–Crippen LogP) is 2.18. The predicted molar refractivity (Wildman–Crippen MR) is 52.0 cm³/mol. The Morgan fingerprint density at radius 1 is 1.38 bits per heavy atom. The van der Waals surface area contributed by atoms with Crippen LogP contribution in [-0.4, -0.2) is 13.7 Å². The van der Waals surface area contributed by atoms with Crippen LogP contribution in [0.5, 0.6) is 0 Å². The van der Waals surface area contributed by atoms with Crippen molar-refractivity contribution in [1.29, 1.82) is 0 Å². The van der Waals surface area contributed by atoms with E-state index < -0.39 is 0 Å². The van der Waals surface area contributed by atoms with Gasteiger partial charge in [0.1, 0.15) is 0 Å². The van der Waals surface area contributed by atoms with Gasteiger partial charge in [-0.2, -0.15) is 8.75 Å². The lowest BCUT2D eigenvalue weighted by atomic mass is 10.2. The van der Waals surface area contributed by atoms with Gasteiger partial charge in [0.15, 0.2) is 5.15 Å². The van der Waals surface area contributed by atoms with Gasteiger partial charge in [0, 0.05) is 18.8 Å². The minimum absolute atomic E-state index is 0.494. The summed E-state index contributed by atoms with van der Waals surface area (Å²) in [7, 11) is 0. The Hall–Kier alpha value is -1.00. The zero-order valence-corrected chi connectivity index (χ0v) is 8.22. The summed E-state index contributed by atoms with van der Waals surface area (Å²) in [4.78, 5) is 4.01. The Balaban J connectivity index is 2.20. The quantitative estimate of drug-likeness (QED) is 0.764. The minimum Gasteiger partial charge on any atom is -0.264 e. The number of nitrogens with zero attached hydrogens (tertiary/aromatic N) is 3. The van der Waals surface area contributed by atoms with E-state index in [4.69, 9.17) is 11.6 Å². The van der Waals surface area contributed by atoms with E-state index >= 15 is 0 Å². The van der Waals surface area contributed by atoms with E-state index in [0.717, 1.165) is 23.0 Å². The van der Waals surface area contributed by atoms with Gasteiger partial charge in [-0.3, -0.25) is 4.98 Å². The topological polar surface area (TPSA) is 38.7 Å². The first kappa shape index (κ1) is 8.59. The molecule has 13 heavy (non-hydrogen) atoms. The first-order chi connectivity index (χ1) is 6.36. The van der Waals surface area contributed by atoms with E-state index in [1.807, 2.05) is 12.1 Å². The maximum atomic E-state index is 5.81. The average molecular weight is 212 g/mol. The van der Waals surface area contributed by atoms with Crippen molar-refractivity contribution in [2.75, 3.05) is 0 Å². The molecule has 0 spiro atoms. The molecule has 0 aliphatic heterocycles. The lowest BCUT2D eigenvalue weighted by molar-refractivity contribution is 1.10. The molecule has 2 aromatic heterocycles. The molecule has 0 radical (unpaired) electrons. The third-order valence-electron chi connectivity index (χ3n) is 1.60. The molecule has 0 amide bonds. The van der Waals surface area contributed by atoms with Crippen LogP contribution in [0, 0.1) is 0 Å². The van der Waals surface area contributed by atoms with Gasteiger partial charge in [-0.15, -0.1) is 0 Å². The Morgan fingerprint density at radius 2 is 2.31 bits per heavy atom. The van der Waals surface area contributed by atoms with Crippen molar-refractivity contribution in [2.45, 2.75) is 6.42 Å². The molecule has 0 aromatic carbocycles. The lowest BCUT2D eigenvalue weighted by Crippen LogP contribution is -1.89. The van der Waals surface area contributed by atoms with Crippen LogP contribution < -0.4 is 0 Å². The molecule has 5 heteroatoms. The van der Waals surface area contributed by atoms with Gasteiger partial charge < -0.3 is 0 Å². The van der Waals surface area contributed by atoms with Crippen molar-refractivity contribution in [3.05, 3.63) is 40.9 Å². The van der Waals surface area contributed by atoms with Gasteiger partial charge in [0.25, 0.3) is 0 Å². The van der Waals surface area contributed by atoms with E-state index in [1.54, 1.807) is 12.4 Å². The van der Waals surface area contributed by atoms with Crippen molar-refractivity contribution in [3.8, 4) is 0 Å². The summed E-state index contributed by atoms with van der Waals surface area (Å²) < 4.78 is 7.97. The largest absolute Gasteiger partial charge is 0.264 e. The lowest BCUT2D eigenvalue weighted by Gasteiger charge is -1.95. The van der Waals surface area contributed by atoms with E-state index in [9.17, 15) is 0 Å². The number of hydrogen-bond acceptors (Lipinski definition) is 4. The van der Waals surface area contributed by atoms with Gasteiger partial charge in [-0.25, -0.2) is 0 Å². The van der Waals surface area contributed by atoms with E-state index in [-0.39, 0.29) is 0 Å². The number of hydrogen-bond donors (Lipinski definition) is 0. The van der Waals surface area contributed by atoms with Crippen LogP contribution >= 0.6 is 23.3 Å². The maximum absolute atomic E-state index is 5.81. The fourth-order valence-corrected chi connectivity index (χ4v) is 1.72. The summed E-state index contributed by atoms with van der Waals surface area (Å²) >= 11 is 6.94. The number of pyridine rings is 1. The first-order valence-electron chi connectivity index (χ1n) is 3.72. The third kappa shape index (κ3) is 2.02. The van der Waals surface area contributed by atoms with Crippen LogP contribution in [0.3, 0.4) is 0 Å². The van der Waals surface area contributed by atoms with E-state index in [1.165, 1.54) is 0 Å². The first-order valence-corrected chi connectivity index (χ1v) is 4.83. The van der Waals surface area contributed by atoms with Crippen molar-refractivity contribution < 1.29 is 0 Å². The summed E-state index contributed by atoms with van der Waals surface area (Å²) in [6.07, 6.45) is 4.24. The zero-order valence-electron chi connectivity index (χ0n) is 6.64. The molecule has 0 bridgehead atoms. The Labute approximate surface area is 84.7 Å². The van der Waals surface area contributed by atoms with Crippen molar-refractivity contribution >= 4 is 23.3 Å². The highest BCUT2D eigenvalue weighted by molar-refractivity contribution is 6.99. The summed E-state index contributed by atoms with van der Waals surface area (Å²) in [6, 6.07) is 3.88. The monoisotopic (exact) mass is 211 g/mol. The molecular formula is C8H6ClN3S. The molecule has 0 fully saturated rings. The molecule has 2 heterocycles. The summed E-state index contributed by atoms with van der Waals surface area (Å²) in [5.41, 5.74) is 1.91. The van der Waals surface area contributed by atoms with E-state index in [0.29, 0.717) is 11.6 Å². The van der Waals surface area contributed by atoms with Gasteiger partial charge in [0.05, 0.1) is 17.4 Å². The van der Waals surface area contributed by atoms with Gasteiger partial charge in [0.2, 0.25) is 0 Å². The fourth-order valence-electron chi connectivity index (χ4n) is 0.997. The molecule has 0 unspecified atom stereocenters. The van der Waals surface area contributed by atoms with Gasteiger partial charge in [-0.05, 0) is 11.6 Å². The Kier molecular flexibility index (Phi) is 2.52. The molecule has 0 aliphatic carbocycles. The van der Waals surface area contributed by atoms with E-state index in [2.05, 4.69) is 13.7 Å². The molecule has 0 aliphatic rings. The van der Waals surface area contributed by atoms with Crippen LogP contribution in [-0.2, 0) is 6.42 Å². The molecule has 3 nitrogen and oxygen atoms in total. The number of aromatic nitrogens is 3. The summed E-state index contributed by atoms with van der Waals surface area (Å²) in [5, 5.41) is 0.494. The minimum atomic E-state index is 0.494. The van der Waals surface area contributed by atoms with Crippen LogP contribution in [0.15, 0.2) is 24.5 Å². The SMILES string of the molecule is Clc1nsnc1Cc1cccnc1. The molecule has 0 saturated heterocycles. The molecular weight excluding hydrogens is 206 g/mol. The van der Waals surface area contributed by atoms with Crippen LogP contribution in [0.4, 0.5) is 0 Å². The highest BCUT2D eigenvalue weighted by Gasteiger charge is 2.05. The normalized spacial score (nSPS) is 10.2.